The van der Waals surface area contributed by atoms with Crippen molar-refractivity contribution < 1.29 is 49.8 Å². The molecular weight excluding hydrogens is 538 g/mol. The van der Waals surface area contributed by atoms with Crippen LogP contribution in [0.3, 0.4) is 0 Å². The third-order valence-electron chi connectivity index (χ3n) is 7.60. The van der Waals surface area contributed by atoms with E-state index in [1.807, 2.05) is 29.9 Å². The Morgan fingerprint density at radius 2 is 1.73 bits per heavy atom. The van der Waals surface area contributed by atoms with Crippen LogP contribution >= 0.6 is 0 Å². The van der Waals surface area contributed by atoms with Crippen molar-refractivity contribution in [2.24, 2.45) is 7.05 Å². The number of imidazole rings is 1. The molecule has 2 unspecified atom stereocenters. The SMILES string of the molecule is C=CCc1cc(CN2C3CCC2CC(O)(c2nccn2C)C3)cc(OC)c1O.O=C(O)CC(O)(CC(=O)O)C(=O)O. The zero-order valence-corrected chi connectivity index (χ0v) is 23.1. The maximum atomic E-state index is 11.3. The zero-order chi connectivity index (χ0) is 30.5. The number of allylic oxidation sites excluding steroid dienone is 1. The van der Waals surface area contributed by atoms with E-state index in [9.17, 15) is 24.6 Å². The summed E-state index contributed by atoms with van der Waals surface area (Å²) < 4.78 is 7.30. The first-order valence-electron chi connectivity index (χ1n) is 13.1. The van der Waals surface area contributed by atoms with Crippen LogP contribution in [0.5, 0.6) is 11.5 Å². The zero-order valence-electron chi connectivity index (χ0n) is 23.1. The van der Waals surface area contributed by atoms with Crippen molar-refractivity contribution in [1.29, 1.82) is 0 Å². The second kappa shape index (κ2) is 12.7. The number of aromatic hydroxyl groups is 1. The van der Waals surface area contributed by atoms with Crippen molar-refractivity contribution in [1.82, 2.24) is 14.5 Å². The normalized spacial score (nSPS) is 22.0. The summed E-state index contributed by atoms with van der Waals surface area (Å²) in [7, 11) is 3.52. The van der Waals surface area contributed by atoms with Crippen LogP contribution in [0.25, 0.3) is 0 Å². The Kier molecular flexibility index (Phi) is 9.79. The summed E-state index contributed by atoms with van der Waals surface area (Å²) >= 11 is 0. The molecule has 2 atom stereocenters. The van der Waals surface area contributed by atoms with Gasteiger partial charge in [-0.05, 0) is 43.7 Å². The van der Waals surface area contributed by atoms with Gasteiger partial charge in [0.1, 0.15) is 11.4 Å². The van der Waals surface area contributed by atoms with Gasteiger partial charge >= 0.3 is 17.9 Å². The lowest BCUT2D eigenvalue weighted by molar-refractivity contribution is -0.170. The summed E-state index contributed by atoms with van der Waals surface area (Å²) in [4.78, 5) is 37.4. The number of nitrogens with zero attached hydrogens (tertiary/aromatic N) is 3. The second-order valence-electron chi connectivity index (χ2n) is 10.6. The molecule has 1 aromatic heterocycles. The molecule has 2 saturated heterocycles. The number of methoxy groups -OCH3 is 1. The molecule has 2 bridgehead atoms. The van der Waals surface area contributed by atoms with Gasteiger partial charge in [0, 0.05) is 43.6 Å². The maximum Gasteiger partial charge on any atom is 0.336 e. The van der Waals surface area contributed by atoms with E-state index in [4.69, 9.17) is 25.2 Å². The Hall–Kier alpha value is -3.94. The predicted octanol–water partition coefficient (Wildman–Crippen LogP) is 1.63. The molecular formula is C28H37N3O10. The molecule has 13 heteroatoms. The molecule has 6 N–H and O–H groups in total. The molecule has 41 heavy (non-hydrogen) atoms. The van der Waals surface area contributed by atoms with Crippen LogP contribution in [-0.4, -0.2) is 87.8 Å². The fourth-order valence-electron chi connectivity index (χ4n) is 5.78. The van der Waals surface area contributed by atoms with Crippen LogP contribution < -0.4 is 4.74 Å². The number of carboxylic acid groups (broad SMARTS) is 3. The van der Waals surface area contributed by atoms with Crippen LogP contribution in [0.15, 0.2) is 37.2 Å². The summed E-state index contributed by atoms with van der Waals surface area (Å²) in [6.07, 6.45) is 7.32. The average Bonchev–Trinajstić information content (AvgIpc) is 3.41. The molecule has 2 aromatic rings. The van der Waals surface area contributed by atoms with Gasteiger partial charge in [-0.1, -0.05) is 12.1 Å². The van der Waals surface area contributed by atoms with Gasteiger partial charge in [-0.2, -0.15) is 0 Å². The highest BCUT2D eigenvalue weighted by molar-refractivity contribution is 5.88. The van der Waals surface area contributed by atoms with E-state index in [1.54, 1.807) is 19.4 Å². The van der Waals surface area contributed by atoms with Crippen LogP contribution in [0.2, 0.25) is 0 Å². The van der Waals surface area contributed by atoms with Crippen molar-refractivity contribution in [3.05, 3.63) is 54.1 Å². The van der Waals surface area contributed by atoms with Crippen molar-refractivity contribution >= 4 is 17.9 Å². The van der Waals surface area contributed by atoms with E-state index < -0.39 is 42.0 Å². The van der Waals surface area contributed by atoms with Crippen LogP contribution in [0, 0.1) is 0 Å². The first-order valence-corrected chi connectivity index (χ1v) is 13.1. The molecule has 2 fully saturated rings. The van der Waals surface area contributed by atoms with E-state index in [-0.39, 0.29) is 5.75 Å². The topological polar surface area (TPSA) is 203 Å². The van der Waals surface area contributed by atoms with Crippen molar-refractivity contribution in [3.63, 3.8) is 0 Å². The lowest BCUT2D eigenvalue weighted by Crippen LogP contribution is -2.50. The first-order chi connectivity index (χ1) is 19.2. The van der Waals surface area contributed by atoms with Crippen LogP contribution in [0.4, 0.5) is 0 Å². The molecule has 3 heterocycles. The highest BCUT2D eigenvalue weighted by atomic mass is 16.5. The number of phenolic OH excluding ortho intramolecular Hbond substituents is 1. The van der Waals surface area contributed by atoms with E-state index >= 15 is 0 Å². The number of fused-ring (bicyclic) bond motifs is 2. The van der Waals surface area contributed by atoms with Crippen molar-refractivity contribution in [2.45, 2.75) is 74.8 Å². The van der Waals surface area contributed by atoms with Crippen LogP contribution in [0.1, 0.15) is 55.5 Å². The lowest BCUT2D eigenvalue weighted by atomic mass is 9.85. The first kappa shape index (κ1) is 31.6. The number of carboxylic acids is 3. The molecule has 0 saturated carbocycles. The number of carbonyl (C=O) groups is 3. The Balaban J connectivity index is 0.000000302. The minimum absolute atomic E-state index is 0.192. The Labute approximate surface area is 236 Å². The largest absolute Gasteiger partial charge is 0.504 e. The molecule has 2 aliphatic rings. The molecule has 2 aliphatic heterocycles. The maximum absolute atomic E-state index is 11.3. The smallest absolute Gasteiger partial charge is 0.336 e. The molecule has 224 valence electrons. The monoisotopic (exact) mass is 575 g/mol. The quantitative estimate of drug-likeness (QED) is 0.212. The number of hydrogen-bond donors (Lipinski definition) is 6. The summed E-state index contributed by atoms with van der Waals surface area (Å²) in [6.45, 7) is 4.57. The number of rotatable bonds is 11. The van der Waals surface area contributed by atoms with Gasteiger partial charge in [0.2, 0.25) is 0 Å². The molecule has 13 nitrogen and oxygen atoms in total. The van der Waals surface area contributed by atoms with Gasteiger partial charge in [0.15, 0.2) is 17.1 Å². The predicted molar refractivity (Wildman–Crippen MR) is 144 cm³/mol. The van der Waals surface area contributed by atoms with E-state index in [1.165, 1.54) is 0 Å². The van der Waals surface area contributed by atoms with E-state index in [0.717, 1.165) is 36.3 Å². The van der Waals surface area contributed by atoms with Crippen LogP contribution in [-0.2, 0) is 40.0 Å². The van der Waals surface area contributed by atoms with Gasteiger partial charge in [-0.25, -0.2) is 9.78 Å². The molecule has 0 radical (unpaired) electrons. The number of hydrogen-bond acceptors (Lipinski definition) is 9. The van der Waals surface area contributed by atoms with Gasteiger partial charge in [-0.15, -0.1) is 6.58 Å². The lowest BCUT2D eigenvalue weighted by Gasteiger charge is -2.43. The van der Waals surface area contributed by atoms with E-state index in [0.29, 0.717) is 37.1 Å². The number of aryl methyl sites for hydroxylation is 1. The summed E-state index contributed by atoms with van der Waals surface area (Å²) in [6, 6.07) is 4.60. The number of aliphatic carboxylic acids is 3. The average molecular weight is 576 g/mol. The molecule has 0 aliphatic carbocycles. The summed E-state index contributed by atoms with van der Waals surface area (Å²) in [5.41, 5.74) is -1.65. The minimum atomic E-state index is -2.74. The number of aromatic nitrogens is 2. The van der Waals surface area contributed by atoms with E-state index in [2.05, 4.69) is 16.5 Å². The Morgan fingerprint density at radius 1 is 1.15 bits per heavy atom. The molecule has 1 aromatic carbocycles. The highest BCUT2D eigenvalue weighted by Gasteiger charge is 2.49. The molecule has 0 amide bonds. The van der Waals surface area contributed by atoms with Gasteiger partial charge in [-0.3, -0.25) is 14.5 Å². The molecule has 0 spiro atoms. The number of piperidine rings is 1. The fourth-order valence-corrected chi connectivity index (χ4v) is 5.78. The number of phenols is 1. The minimum Gasteiger partial charge on any atom is -0.504 e. The Morgan fingerprint density at radius 3 is 2.17 bits per heavy atom. The third kappa shape index (κ3) is 7.23. The molecule has 4 rings (SSSR count). The number of aliphatic hydroxyl groups is 2. The number of benzene rings is 1. The number of ether oxygens (including phenoxy) is 1. The van der Waals surface area contributed by atoms with Gasteiger partial charge in [0.05, 0.1) is 20.0 Å². The third-order valence-corrected chi connectivity index (χ3v) is 7.60. The summed E-state index contributed by atoms with van der Waals surface area (Å²) in [5.74, 6) is -3.56. The fraction of sp³-hybridized carbons (Fsp3) is 0.500. The van der Waals surface area contributed by atoms with Gasteiger partial charge in [0.25, 0.3) is 0 Å². The highest BCUT2D eigenvalue weighted by Crippen LogP contribution is 2.46. The van der Waals surface area contributed by atoms with Crippen molar-refractivity contribution in [3.8, 4) is 11.5 Å². The van der Waals surface area contributed by atoms with Gasteiger partial charge < -0.3 is 39.9 Å². The second-order valence-corrected chi connectivity index (χ2v) is 10.6. The Bertz CT molecular complexity index is 1260. The standard InChI is InChI=1S/C22H29N3O3.C6H8O7/c1-4-5-16-10-15(11-19(28-3)20(16)26)14-25-17-6-7-18(25)13-22(27,12-17)21-23-8-9-24(21)2;7-3(8)1-6(13,5(11)12)2-4(9)10/h4,8-11,17-18,26-27H,1,5-7,12-14H2,2-3H3;13H,1-2H2,(H,7,8)(H,9,10)(H,11,12). The summed E-state index contributed by atoms with van der Waals surface area (Å²) in [5, 5.41) is 55.5. The van der Waals surface area contributed by atoms with Crippen molar-refractivity contribution in [2.75, 3.05) is 7.11 Å².